The van der Waals surface area contributed by atoms with Crippen LogP contribution in [0.3, 0.4) is 0 Å². The fourth-order valence-electron chi connectivity index (χ4n) is 6.04. The van der Waals surface area contributed by atoms with Gasteiger partial charge in [-0.1, -0.05) is 13.8 Å². The van der Waals surface area contributed by atoms with Crippen LogP contribution in [0.25, 0.3) is 0 Å². The molecule has 4 bridgehead atoms. The standard InChI is InChI=1S/C24H34N2O4/c1-15(2)6-7-30-20-5-4-19(11-21(20)29-3)22(27)25-26-23(28)24-12-16-8-17(13-24)10-18(9-16)14-24/h4-5,11,15-18H,6-10,12-14H2,1-3H3,(H,25,27)(H,26,28). The molecule has 0 atom stereocenters. The summed E-state index contributed by atoms with van der Waals surface area (Å²) in [6.07, 6.45) is 7.70. The fourth-order valence-corrected chi connectivity index (χ4v) is 6.04. The third-order valence-electron chi connectivity index (χ3n) is 7.19. The molecule has 4 aliphatic carbocycles. The molecular weight excluding hydrogens is 380 g/mol. The summed E-state index contributed by atoms with van der Waals surface area (Å²) in [6.45, 7) is 4.89. The molecule has 0 aromatic heterocycles. The summed E-state index contributed by atoms with van der Waals surface area (Å²) in [4.78, 5) is 25.6. The van der Waals surface area contributed by atoms with Crippen LogP contribution in [0.2, 0.25) is 0 Å². The molecule has 4 saturated carbocycles. The monoisotopic (exact) mass is 414 g/mol. The van der Waals surface area contributed by atoms with Gasteiger partial charge in [-0.3, -0.25) is 20.4 Å². The van der Waals surface area contributed by atoms with E-state index in [4.69, 9.17) is 9.47 Å². The minimum absolute atomic E-state index is 0.0180. The van der Waals surface area contributed by atoms with Gasteiger partial charge < -0.3 is 9.47 Å². The van der Waals surface area contributed by atoms with Crippen LogP contribution in [0.4, 0.5) is 0 Å². The molecule has 6 heteroatoms. The molecule has 1 aromatic rings. The molecule has 0 spiro atoms. The molecule has 4 fully saturated rings. The maximum atomic E-state index is 13.0. The Labute approximate surface area is 179 Å². The van der Waals surface area contributed by atoms with Crippen LogP contribution in [0.15, 0.2) is 18.2 Å². The zero-order valence-corrected chi connectivity index (χ0v) is 18.3. The third-order valence-corrected chi connectivity index (χ3v) is 7.19. The lowest BCUT2D eigenvalue weighted by Crippen LogP contribution is -2.56. The minimum Gasteiger partial charge on any atom is -0.493 e. The highest BCUT2D eigenvalue weighted by atomic mass is 16.5. The Balaban J connectivity index is 1.35. The average molecular weight is 415 g/mol. The van der Waals surface area contributed by atoms with E-state index in [0.717, 1.165) is 25.7 Å². The maximum Gasteiger partial charge on any atom is 0.269 e. The lowest BCUT2D eigenvalue weighted by Gasteiger charge is -2.55. The van der Waals surface area contributed by atoms with Gasteiger partial charge in [0, 0.05) is 5.56 Å². The number of rotatable bonds is 7. The normalized spacial score (nSPS) is 29.0. The van der Waals surface area contributed by atoms with Gasteiger partial charge in [-0.05, 0) is 86.8 Å². The van der Waals surface area contributed by atoms with Crippen molar-refractivity contribution in [1.29, 1.82) is 0 Å². The number of ether oxygens (including phenoxy) is 2. The van der Waals surface area contributed by atoms with E-state index in [-0.39, 0.29) is 17.2 Å². The van der Waals surface area contributed by atoms with E-state index >= 15 is 0 Å². The van der Waals surface area contributed by atoms with Crippen LogP contribution in [-0.4, -0.2) is 25.5 Å². The Kier molecular flexibility index (Phi) is 5.94. The molecule has 0 aliphatic heterocycles. The van der Waals surface area contributed by atoms with E-state index in [1.54, 1.807) is 25.3 Å². The number of carbonyl (C=O) groups is 2. The van der Waals surface area contributed by atoms with Crippen molar-refractivity contribution in [1.82, 2.24) is 10.9 Å². The van der Waals surface area contributed by atoms with Gasteiger partial charge in [0.2, 0.25) is 5.91 Å². The van der Waals surface area contributed by atoms with E-state index in [1.165, 1.54) is 19.3 Å². The number of hydrogen-bond donors (Lipinski definition) is 2. The van der Waals surface area contributed by atoms with Gasteiger partial charge in [0.05, 0.1) is 19.1 Å². The molecule has 30 heavy (non-hydrogen) atoms. The summed E-state index contributed by atoms with van der Waals surface area (Å²) in [6, 6.07) is 5.09. The maximum absolute atomic E-state index is 13.0. The molecule has 5 rings (SSSR count). The average Bonchev–Trinajstić information content (AvgIpc) is 2.70. The number of methoxy groups -OCH3 is 1. The van der Waals surface area contributed by atoms with Gasteiger partial charge >= 0.3 is 0 Å². The Morgan fingerprint density at radius 3 is 2.23 bits per heavy atom. The molecule has 164 valence electrons. The van der Waals surface area contributed by atoms with Crippen molar-refractivity contribution in [2.75, 3.05) is 13.7 Å². The second-order valence-electron chi connectivity index (χ2n) is 10.0. The van der Waals surface area contributed by atoms with Crippen LogP contribution in [-0.2, 0) is 4.79 Å². The van der Waals surface area contributed by atoms with Crippen LogP contribution in [0.5, 0.6) is 11.5 Å². The fraction of sp³-hybridized carbons (Fsp3) is 0.667. The Morgan fingerprint density at radius 2 is 1.67 bits per heavy atom. The first-order valence-corrected chi connectivity index (χ1v) is 11.3. The summed E-state index contributed by atoms with van der Waals surface area (Å²) >= 11 is 0. The molecule has 6 nitrogen and oxygen atoms in total. The summed E-state index contributed by atoms with van der Waals surface area (Å²) in [5, 5.41) is 0. The van der Waals surface area contributed by atoms with Crippen LogP contribution in [0, 0.1) is 29.1 Å². The quantitative estimate of drug-likeness (QED) is 0.659. The van der Waals surface area contributed by atoms with Crippen molar-refractivity contribution in [2.45, 2.75) is 58.8 Å². The number of benzene rings is 1. The summed E-state index contributed by atoms with van der Waals surface area (Å²) < 4.78 is 11.2. The van der Waals surface area contributed by atoms with E-state index in [0.29, 0.717) is 47.3 Å². The predicted octanol–water partition coefficient (Wildman–Crippen LogP) is 4.10. The van der Waals surface area contributed by atoms with Crippen molar-refractivity contribution in [3.8, 4) is 11.5 Å². The van der Waals surface area contributed by atoms with Gasteiger partial charge in [0.1, 0.15) is 0 Å². The second-order valence-corrected chi connectivity index (χ2v) is 10.0. The zero-order valence-electron chi connectivity index (χ0n) is 18.3. The first kappa shape index (κ1) is 21.0. The Bertz CT molecular complexity index is 769. The summed E-state index contributed by atoms with van der Waals surface area (Å²) in [5.41, 5.74) is 5.48. The number of hydrogen-bond acceptors (Lipinski definition) is 4. The Morgan fingerprint density at radius 1 is 1.03 bits per heavy atom. The lowest BCUT2D eigenvalue weighted by atomic mass is 9.49. The van der Waals surface area contributed by atoms with Crippen LogP contribution < -0.4 is 20.3 Å². The van der Waals surface area contributed by atoms with Crippen molar-refractivity contribution in [3.05, 3.63) is 23.8 Å². The van der Waals surface area contributed by atoms with Gasteiger partial charge in [-0.15, -0.1) is 0 Å². The SMILES string of the molecule is COc1cc(C(=O)NNC(=O)C23CC4CC(CC(C4)C2)C3)ccc1OCCC(C)C. The van der Waals surface area contributed by atoms with Crippen molar-refractivity contribution in [2.24, 2.45) is 29.1 Å². The highest BCUT2D eigenvalue weighted by molar-refractivity contribution is 5.96. The molecular formula is C24H34N2O4. The largest absolute Gasteiger partial charge is 0.493 e. The number of hydrazine groups is 1. The molecule has 4 aliphatic rings. The van der Waals surface area contributed by atoms with Gasteiger partial charge in [0.25, 0.3) is 5.91 Å². The lowest BCUT2D eigenvalue weighted by molar-refractivity contribution is -0.147. The topological polar surface area (TPSA) is 76.7 Å². The summed E-state index contributed by atoms with van der Waals surface area (Å²) in [7, 11) is 1.56. The minimum atomic E-state index is -0.347. The Hall–Kier alpha value is -2.24. The van der Waals surface area contributed by atoms with Crippen LogP contribution >= 0.6 is 0 Å². The third kappa shape index (κ3) is 4.28. The molecule has 0 saturated heterocycles. The first-order chi connectivity index (χ1) is 14.4. The van der Waals surface area contributed by atoms with Gasteiger partial charge in [-0.2, -0.15) is 0 Å². The molecule has 2 N–H and O–H groups in total. The molecule has 1 aromatic carbocycles. The van der Waals surface area contributed by atoms with Crippen molar-refractivity contribution < 1.29 is 19.1 Å². The summed E-state index contributed by atoms with van der Waals surface area (Å²) in [5.74, 6) is 3.38. The highest BCUT2D eigenvalue weighted by Crippen LogP contribution is 2.60. The molecule has 0 radical (unpaired) electrons. The molecule has 0 heterocycles. The first-order valence-electron chi connectivity index (χ1n) is 11.3. The predicted molar refractivity (Wildman–Crippen MR) is 114 cm³/mol. The van der Waals surface area contributed by atoms with E-state index in [9.17, 15) is 9.59 Å². The smallest absolute Gasteiger partial charge is 0.269 e. The van der Waals surface area contributed by atoms with E-state index < -0.39 is 0 Å². The molecule has 2 amide bonds. The number of nitrogens with one attached hydrogen (secondary N) is 2. The molecule has 0 unspecified atom stereocenters. The highest BCUT2D eigenvalue weighted by Gasteiger charge is 2.54. The van der Waals surface area contributed by atoms with E-state index in [2.05, 4.69) is 24.7 Å². The number of carbonyl (C=O) groups excluding carboxylic acids is 2. The van der Waals surface area contributed by atoms with Gasteiger partial charge in [-0.25, -0.2) is 0 Å². The van der Waals surface area contributed by atoms with Gasteiger partial charge in [0.15, 0.2) is 11.5 Å². The van der Waals surface area contributed by atoms with Crippen molar-refractivity contribution >= 4 is 11.8 Å². The second kappa shape index (κ2) is 8.48. The number of amides is 2. The van der Waals surface area contributed by atoms with E-state index in [1.807, 2.05) is 0 Å². The van der Waals surface area contributed by atoms with Crippen LogP contribution in [0.1, 0.15) is 69.2 Å². The zero-order chi connectivity index (χ0) is 21.3. The van der Waals surface area contributed by atoms with Crippen molar-refractivity contribution in [3.63, 3.8) is 0 Å².